The van der Waals surface area contributed by atoms with E-state index in [9.17, 15) is 8.42 Å². The average molecular weight is 241 g/mol. The van der Waals surface area contributed by atoms with Crippen LogP contribution >= 0.6 is 0 Å². The minimum Gasteiger partial charge on any atom is -0.488 e. The Kier molecular flexibility index (Phi) is 2.90. The molecular formula is C11H15NO3S. The molecule has 1 unspecified atom stereocenters. The van der Waals surface area contributed by atoms with Crippen molar-refractivity contribution >= 4 is 10.0 Å². The fourth-order valence-electron chi connectivity index (χ4n) is 1.84. The first-order valence-electron chi connectivity index (χ1n) is 5.31. The number of fused-ring (bicyclic) bond motifs is 1. The van der Waals surface area contributed by atoms with Gasteiger partial charge in [-0.15, -0.1) is 0 Å². The summed E-state index contributed by atoms with van der Waals surface area (Å²) < 4.78 is 31.5. The Morgan fingerprint density at radius 1 is 1.44 bits per heavy atom. The number of hydrogen-bond acceptors (Lipinski definition) is 3. The maximum Gasteiger partial charge on any atom is 0.246 e. The van der Waals surface area contributed by atoms with E-state index in [2.05, 4.69) is 0 Å². The molecule has 0 radical (unpaired) electrons. The number of likely N-dealkylation sites (N-methyl/N-ethyl adjacent to an activating group) is 1. The SMILES string of the molecule is CCN1CC(C)Oc2ccccc2S1(=O)=O. The lowest BCUT2D eigenvalue weighted by Crippen LogP contribution is -2.35. The summed E-state index contributed by atoms with van der Waals surface area (Å²) in [4.78, 5) is 0.265. The molecule has 2 rings (SSSR count). The molecule has 0 bridgehead atoms. The van der Waals surface area contributed by atoms with Gasteiger partial charge in [0.25, 0.3) is 0 Å². The van der Waals surface area contributed by atoms with Crippen molar-refractivity contribution in [2.75, 3.05) is 13.1 Å². The molecule has 0 saturated carbocycles. The highest BCUT2D eigenvalue weighted by molar-refractivity contribution is 7.89. The van der Waals surface area contributed by atoms with Crippen molar-refractivity contribution < 1.29 is 13.2 Å². The van der Waals surface area contributed by atoms with E-state index in [1.807, 2.05) is 13.8 Å². The molecule has 1 heterocycles. The van der Waals surface area contributed by atoms with Crippen LogP contribution in [0.3, 0.4) is 0 Å². The molecule has 0 N–H and O–H groups in total. The van der Waals surface area contributed by atoms with E-state index in [0.717, 1.165) is 0 Å². The monoisotopic (exact) mass is 241 g/mol. The lowest BCUT2D eigenvalue weighted by Gasteiger charge is -2.18. The summed E-state index contributed by atoms with van der Waals surface area (Å²) in [5.41, 5.74) is 0. The summed E-state index contributed by atoms with van der Waals surface area (Å²) in [7, 11) is -3.39. The summed E-state index contributed by atoms with van der Waals surface area (Å²) in [6.07, 6.45) is -0.127. The number of rotatable bonds is 1. The molecule has 1 aromatic carbocycles. The van der Waals surface area contributed by atoms with Gasteiger partial charge in [-0.3, -0.25) is 0 Å². The van der Waals surface area contributed by atoms with Crippen molar-refractivity contribution in [1.82, 2.24) is 4.31 Å². The molecule has 1 atom stereocenters. The van der Waals surface area contributed by atoms with E-state index in [-0.39, 0.29) is 11.0 Å². The van der Waals surface area contributed by atoms with Crippen LogP contribution in [0.1, 0.15) is 13.8 Å². The zero-order chi connectivity index (χ0) is 11.8. The van der Waals surface area contributed by atoms with Crippen LogP contribution in [0.4, 0.5) is 0 Å². The Hall–Kier alpha value is -1.07. The molecule has 0 aliphatic carbocycles. The largest absolute Gasteiger partial charge is 0.488 e. The normalized spacial score (nSPS) is 24.2. The maximum atomic E-state index is 12.2. The van der Waals surface area contributed by atoms with E-state index in [1.165, 1.54) is 4.31 Å². The van der Waals surface area contributed by atoms with Crippen LogP contribution in [0, 0.1) is 0 Å². The van der Waals surface area contributed by atoms with Crippen LogP contribution in [0.25, 0.3) is 0 Å². The van der Waals surface area contributed by atoms with Gasteiger partial charge in [0.05, 0.1) is 6.54 Å². The number of nitrogens with zero attached hydrogens (tertiary/aromatic N) is 1. The molecule has 1 aliphatic heterocycles. The lowest BCUT2D eigenvalue weighted by atomic mass is 10.3. The van der Waals surface area contributed by atoms with Crippen molar-refractivity contribution in [1.29, 1.82) is 0 Å². The maximum absolute atomic E-state index is 12.2. The molecule has 88 valence electrons. The average Bonchev–Trinajstić information content (AvgIpc) is 2.34. The molecule has 0 fully saturated rings. The second kappa shape index (κ2) is 4.07. The van der Waals surface area contributed by atoms with Gasteiger partial charge in [0.1, 0.15) is 16.7 Å². The molecule has 1 aliphatic rings. The van der Waals surface area contributed by atoms with Gasteiger partial charge in [-0.2, -0.15) is 4.31 Å². The molecule has 5 heteroatoms. The van der Waals surface area contributed by atoms with Crippen molar-refractivity contribution in [2.45, 2.75) is 24.8 Å². The number of benzene rings is 1. The van der Waals surface area contributed by atoms with Crippen LogP contribution in [0.5, 0.6) is 5.75 Å². The number of para-hydroxylation sites is 1. The first-order chi connectivity index (χ1) is 7.55. The van der Waals surface area contributed by atoms with Crippen molar-refractivity contribution in [3.8, 4) is 5.75 Å². The van der Waals surface area contributed by atoms with E-state index in [1.54, 1.807) is 24.3 Å². The first kappa shape index (κ1) is 11.4. The number of hydrogen-bond donors (Lipinski definition) is 0. The van der Waals surface area contributed by atoms with E-state index >= 15 is 0 Å². The Labute approximate surface area is 95.9 Å². The molecule has 0 amide bonds. The smallest absolute Gasteiger partial charge is 0.246 e. The third-order valence-electron chi connectivity index (χ3n) is 2.61. The van der Waals surface area contributed by atoms with E-state index in [0.29, 0.717) is 18.8 Å². The van der Waals surface area contributed by atoms with Crippen LogP contribution in [-0.2, 0) is 10.0 Å². The summed E-state index contributed by atoms with van der Waals surface area (Å²) in [6.45, 7) is 4.57. The van der Waals surface area contributed by atoms with Crippen LogP contribution in [0.15, 0.2) is 29.2 Å². The Morgan fingerprint density at radius 3 is 2.81 bits per heavy atom. The summed E-state index contributed by atoms with van der Waals surface area (Å²) in [5, 5.41) is 0. The van der Waals surface area contributed by atoms with Gasteiger partial charge in [-0.25, -0.2) is 8.42 Å². The molecule has 0 saturated heterocycles. The second-order valence-corrected chi connectivity index (χ2v) is 5.74. The van der Waals surface area contributed by atoms with Gasteiger partial charge < -0.3 is 4.74 Å². The van der Waals surface area contributed by atoms with Gasteiger partial charge in [0.2, 0.25) is 10.0 Å². The Morgan fingerprint density at radius 2 is 2.12 bits per heavy atom. The highest BCUT2D eigenvalue weighted by Crippen LogP contribution is 2.30. The minimum absolute atomic E-state index is 0.127. The molecule has 1 aromatic rings. The molecular weight excluding hydrogens is 226 g/mol. The number of ether oxygens (including phenoxy) is 1. The zero-order valence-corrected chi connectivity index (χ0v) is 10.2. The topological polar surface area (TPSA) is 46.6 Å². The van der Waals surface area contributed by atoms with Gasteiger partial charge in [0.15, 0.2) is 0 Å². The summed E-state index contributed by atoms with van der Waals surface area (Å²) in [6, 6.07) is 6.78. The predicted octanol–water partition coefficient (Wildman–Crippen LogP) is 1.48. The van der Waals surface area contributed by atoms with Crippen molar-refractivity contribution in [2.24, 2.45) is 0 Å². The summed E-state index contributed by atoms with van der Waals surface area (Å²) in [5.74, 6) is 0.450. The fraction of sp³-hybridized carbons (Fsp3) is 0.455. The molecule has 4 nitrogen and oxygen atoms in total. The van der Waals surface area contributed by atoms with E-state index in [4.69, 9.17) is 4.74 Å². The zero-order valence-electron chi connectivity index (χ0n) is 9.38. The molecule has 16 heavy (non-hydrogen) atoms. The van der Waals surface area contributed by atoms with Gasteiger partial charge >= 0.3 is 0 Å². The van der Waals surface area contributed by atoms with Crippen molar-refractivity contribution in [3.05, 3.63) is 24.3 Å². The highest BCUT2D eigenvalue weighted by Gasteiger charge is 2.31. The molecule has 0 spiro atoms. The minimum atomic E-state index is -3.39. The second-order valence-electron chi connectivity index (χ2n) is 3.83. The van der Waals surface area contributed by atoms with Crippen LogP contribution < -0.4 is 4.74 Å². The fourth-order valence-corrected chi connectivity index (χ4v) is 3.48. The Balaban J connectivity index is 2.59. The third-order valence-corrected chi connectivity index (χ3v) is 4.59. The first-order valence-corrected chi connectivity index (χ1v) is 6.75. The van der Waals surface area contributed by atoms with Crippen LogP contribution in [-0.4, -0.2) is 31.9 Å². The van der Waals surface area contributed by atoms with Gasteiger partial charge in [-0.05, 0) is 19.1 Å². The third kappa shape index (κ3) is 1.81. The van der Waals surface area contributed by atoms with Gasteiger partial charge in [-0.1, -0.05) is 19.1 Å². The lowest BCUT2D eigenvalue weighted by molar-refractivity contribution is 0.194. The highest BCUT2D eigenvalue weighted by atomic mass is 32.2. The van der Waals surface area contributed by atoms with Crippen LogP contribution in [0.2, 0.25) is 0 Å². The standard InChI is InChI=1S/C11H15NO3S/c1-3-12-8-9(2)15-10-6-4-5-7-11(10)16(12,13)14/h4-7,9H,3,8H2,1-2H3. The Bertz CT molecular complexity index is 484. The quantitative estimate of drug-likeness (QED) is 0.748. The molecule has 0 aromatic heterocycles. The number of sulfonamides is 1. The van der Waals surface area contributed by atoms with Crippen molar-refractivity contribution in [3.63, 3.8) is 0 Å². The van der Waals surface area contributed by atoms with E-state index < -0.39 is 10.0 Å². The summed E-state index contributed by atoms with van der Waals surface area (Å²) >= 11 is 0. The van der Waals surface area contributed by atoms with Gasteiger partial charge in [0, 0.05) is 6.54 Å². The predicted molar refractivity (Wildman–Crippen MR) is 61.0 cm³/mol.